The van der Waals surface area contributed by atoms with Crippen LogP contribution < -0.4 is 15.2 Å². The Kier molecular flexibility index (Phi) is 7.04. The van der Waals surface area contributed by atoms with E-state index in [4.69, 9.17) is 15.2 Å². The predicted octanol–water partition coefficient (Wildman–Crippen LogP) is 4.81. The van der Waals surface area contributed by atoms with Gasteiger partial charge in [0, 0.05) is 70.4 Å². The lowest BCUT2D eigenvalue weighted by Crippen LogP contribution is -2.54. The Morgan fingerprint density at radius 2 is 1.84 bits per heavy atom. The van der Waals surface area contributed by atoms with Gasteiger partial charge in [0.05, 0.1) is 24.1 Å². The van der Waals surface area contributed by atoms with Crippen LogP contribution in [0.25, 0.3) is 28.1 Å². The van der Waals surface area contributed by atoms with Crippen LogP contribution in [0.3, 0.4) is 0 Å². The van der Waals surface area contributed by atoms with Gasteiger partial charge in [-0.2, -0.15) is 15.6 Å². The summed E-state index contributed by atoms with van der Waals surface area (Å²) in [6.45, 7) is 4.51. The number of aromatic nitrogens is 3. The van der Waals surface area contributed by atoms with Gasteiger partial charge in [0.2, 0.25) is 5.91 Å². The summed E-state index contributed by atoms with van der Waals surface area (Å²) < 4.78 is 42.1. The highest BCUT2D eigenvalue weighted by Crippen LogP contribution is 2.46. The normalized spacial score (nSPS) is 17.0. The zero-order valence-electron chi connectivity index (χ0n) is 23.8. The maximum Gasteiger partial charge on any atom is 0.275 e. The highest BCUT2D eigenvalue weighted by molar-refractivity contribution is 8.14. The summed E-state index contributed by atoms with van der Waals surface area (Å²) in [5.41, 5.74) is 8.01. The molecule has 2 aromatic heterocycles. The van der Waals surface area contributed by atoms with Crippen molar-refractivity contribution < 1.29 is 27.8 Å². The highest BCUT2D eigenvalue weighted by Gasteiger charge is 2.39. The Hall–Kier alpha value is -4.58. The third kappa shape index (κ3) is 5.05. The molecule has 1 atom stereocenters. The van der Waals surface area contributed by atoms with Crippen LogP contribution in [-0.2, 0) is 6.61 Å². The molecule has 2 aliphatic rings. The lowest BCUT2D eigenvalue weighted by Gasteiger charge is -2.43. The molecule has 1 fully saturated rings. The van der Waals surface area contributed by atoms with E-state index >= 15 is 0 Å². The highest BCUT2D eigenvalue weighted by atomic mass is 32.2. The molecule has 12 heteroatoms. The Balaban J connectivity index is 1.58. The van der Waals surface area contributed by atoms with E-state index in [9.17, 15) is 18.4 Å². The van der Waals surface area contributed by atoms with Crippen molar-refractivity contribution in [1.29, 1.82) is 0 Å². The molecule has 0 bridgehead atoms. The molecule has 0 saturated carbocycles. The third-order valence-electron chi connectivity index (χ3n) is 7.68. The molecule has 222 valence electrons. The zero-order valence-corrected chi connectivity index (χ0v) is 24.6. The Labute approximate surface area is 249 Å². The van der Waals surface area contributed by atoms with Gasteiger partial charge in [-0.25, -0.2) is 13.5 Å². The maximum atomic E-state index is 14.5. The first-order valence-electron chi connectivity index (χ1n) is 13.4. The molecule has 0 spiro atoms. The molecular weight excluding hydrogens is 576 g/mol. The fourth-order valence-electron chi connectivity index (χ4n) is 5.69. The van der Waals surface area contributed by atoms with Gasteiger partial charge in [-0.05, 0) is 38.1 Å². The van der Waals surface area contributed by atoms with Crippen LogP contribution in [0.5, 0.6) is 11.5 Å². The number of primary amides is 1. The average Bonchev–Trinajstić information content (AvgIpc) is 3.35. The predicted molar refractivity (Wildman–Crippen MR) is 161 cm³/mol. The van der Waals surface area contributed by atoms with Crippen molar-refractivity contribution in [2.75, 3.05) is 25.2 Å². The van der Waals surface area contributed by atoms with E-state index in [1.54, 1.807) is 29.3 Å². The quantitative estimate of drug-likeness (QED) is 0.327. The summed E-state index contributed by atoms with van der Waals surface area (Å²) in [4.78, 5) is 31.9. The van der Waals surface area contributed by atoms with Gasteiger partial charge in [0.15, 0.2) is 5.69 Å². The number of hydrogen-bond donors (Lipinski definition) is 1. The van der Waals surface area contributed by atoms with Crippen LogP contribution in [0.4, 0.5) is 8.78 Å². The van der Waals surface area contributed by atoms with Crippen molar-refractivity contribution >= 4 is 28.2 Å². The summed E-state index contributed by atoms with van der Waals surface area (Å²) in [7, 11) is 1.43. The first-order chi connectivity index (χ1) is 20.5. The van der Waals surface area contributed by atoms with Crippen molar-refractivity contribution in [2.24, 2.45) is 5.73 Å². The van der Waals surface area contributed by atoms with Crippen LogP contribution >= 0.6 is 10.5 Å². The average molecular weight is 606 g/mol. The van der Waals surface area contributed by atoms with Crippen LogP contribution in [-0.4, -0.2) is 68.0 Å². The van der Waals surface area contributed by atoms with Crippen molar-refractivity contribution in [3.63, 3.8) is 0 Å². The molecule has 2 N–H and O–H groups in total. The molecule has 2 aromatic carbocycles. The molecular formula is C31H29F2N5O4S. The van der Waals surface area contributed by atoms with E-state index in [2.05, 4.69) is 16.0 Å². The van der Waals surface area contributed by atoms with Crippen molar-refractivity contribution in [3.8, 4) is 39.6 Å². The molecule has 2 amide bonds. The molecule has 6 rings (SSSR count). The molecule has 4 heterocycles. The van der Waals surface area contributed by atoms with Crippen LogP contribution in [0, 0.1) is 11.6 Å². The van der Waals surface area contributed by atoms with Gasteiger partial charge in [-0.3, -0.25) is 14.6 Å². The number of benzene rings is 2. The first kappa shape index (κ1) is 28.5. The van der Waals surface area contributed by atoms with Crippen molar-refractivity contribution in [3.05, 3.63) is 77.2 Å². The number of nitrogens with zero attached hydrogens (tertiary/aromatic N) is 4. The van der Waals surface area contributed by atoms with E-state index in [1.165, 1.54) is 18.0 Å². The minimum Gasteiger partial charge on any atom is -0.496 e. The smallest absolute Gasteiger partial charge is 0.275 e. The Bertz CT molecular complexity index is 1820. The number of methoxy groups -OCH3 is 1. The van der Waals surface area contributed by atoms with Crippen LogP contribution in [0.15, 0.2) is 48.8 Å². The van der Waals surface area contributed by atoms with Crippen molar-refractivity contribution in [1.82, 2.24) is 19.7 Å². The molecule has 43 heavy (non-hydrogen) atoms. The number of halogens is 2. The third-order valence-corrected chi connectivity index (χ3v) is 9.55. The Morgan fingerprint density at radius 1 is 1.09 bits per heavy atom. The molecule has 4 aromatic rings. The fourth-order valence-corrected chi connectivity index (χ4v) is 7.43. The SMILES string of the molecule is C=S1CCN(C(=O)c2nn(-c3cc(F)cc(F)c3)c3c2COc2cc(OC)c(-c4cncc(C(N)=O)c4)cc2-3)C(C)(C)C1. The minimum atomic E-state index is -0.788. The van der Waals surface area contributed by atoms with E-state index in [-0.39, 0.29) is 39.9 Å². The number of ether oxygens (including phenoxy) is 2. The van der Waals surface area contributed by atoms with Crippen molar-refractivity contribution in [2.45, 2.75) is 26.0 Å². The standard InChI is InChI=1S/C31H29F2N5O4S/c1-31(2)16-43(4)6-5-37(31)30(40)27-24-15-42-26-12-25(41-3)22(17-7-18(29(34)39)14-35-13-17)11-23(26)28(24)38(36-27)21-9-19(32)8-20(33)10-21/h7-14H,4-6,15-16H2,1-3H3,(H2,34,39). The summed E-state index contributed by atoms with van der Waals surface area (Å²) in [6.07, 6.45) is 2.92. The van der Waals surface area contributed by atoms with E-state index < -0.39 is 23.1 Å². The van der Waals surface area contributed by atoms with Gasteiger partial charge in [-0.15, -0.1) is 0 Å². The molecule has 1 saturated heterocycles. The maximum absolute atomic E-state index is 14.5. The second kappa shape index (κ2) is 10.6. The monoisotopic (exact) mass is 605 g/mol. The minimum absolute atomic E-state index is 0.00357. The molecule has 2 aliphatic heterocycles. The summed E-state index contributed by atoms with van der Waals surface area (Å²) in [5, 5.41) is 4.68. The van der Waals surface area contributed by atoms with Gasteiger partial charge in [-0.1, -0.05) is 5.87 Å². The number of carbonyl (C=O) groups excluding carboxylic acids is 2. The molecule has 0 aliphatic carbocycles. The van der Waals surface area contributed by atoms with E-state index in [1.807, 2.05) is 13.8 Å². The fraction of sp³-hybridized carbons (Fsp3) is 0.258. The summed E-state index contributed by atoms with van der Waals surface area (Å²) in [6, 6.07) is 8.12. The number of pyridine rings is 1. The molecule has 1 unspecified atom stereocenters. The van der Waals surface area contributed by atoms with E-state index in [0.717, 1.165) is 29.7 Å². The van der Waals surface area contributed by atoms with Crippen LogP contribution in [0.2, 0.25) is 0 Å². The second-order valence-corrected chi connectivity index (χ2v) is 13.0. The molecule has 0 radical (unpaired) electrons. The lowest BCUT2D eigenvalue weighted by molar-refractivity contribution is 0.0588. The lowest BCUT2D eigenvalue weighted by atomic mass is 9.95. The largest absolute Gasteiger partial charge is 0.496 e. The van der Waals surface area contributed by atoms with Gasteiger partial charge in [0.25, 0.3) is 5.91 Å². The Morgan fingerprint density at radius 3 is 2.51 bits per heavy atom. The number of amides is 2. The summed E-state index contributed by atoms with van der Waals surface area (Å²) >= 11 is 0. The number of hydrogen-bond acceptors (Lipinski definition) is 6. The van der Waals surface area contributed by atoms with Crippen LogP contribution in [0.1, 0.15) is 40.3 Å². The summed E-state index contributed by atoms with van der Waals surface area (Å²) in [5.74, 6) is 4.07. The number of carbonyl (C=O) groups is 2. The van der Waals surface area contributed by atoms with E-state index in [0.29, 0.717) is 46.0 Å². The zero-order chi connectivity index (χ0) is 30.6. The number of rotatable bonds is 5. The van der Waals surface area contributed by atoms with Gasteiger partial charge in [0.1, 0.15) is 29.7 Å². The number of nitrogens with two attached hydrogens (primary N) is 1. The number of fused-ring (bicyclic) bond motifs is 3. The topological polar surface area (TPSA) is 113 Å². The second-order valence-electron chi connectivity index (χ2n) is 11.1. The van der Waals surface area contributed by atoms with Gasteiger partial charge < -0.3 is 20.1 Å². The van der Waals surface area contributed by atoms with Gasteiger partial charge >= 0.3 is 0 Å². The molecule has 9 nitrogen and oxygen atoms in total. The first-order valence-corrected chi connectivity index (χ1v) is 15.2.